The quantitative estimate of drug-likeness (QED) is 0.905. The maximum Gasteiger partial charge on any atom is 0.257 e. The number of hydrogen-bond donors (Lipinski definition) is 1. The summed E-state index contributed by atoms with van der Waals surface area (Å²) in [6.07, 6.45) is 1.61. The van der Waals surface area contributed by atoms with Gasteiger partial charge in [0.2, 0.25) is 0 Å². The number of nitrogens with one attached hydrogen (secondary N) is 1. The van der Waals surface area contributed by atoms with E-state index in [4.69, 9.17) is 11.6 Å². The summed E-state index contributed by atoms with van der Waals surface area (Å²) in [5.41, 5.74) is 1.96. The number of anilines is 1. The normalized spacial score (nSPS) is 10.2. The summed E-state index contributed by atoms with van der Waals surface area (Å²) in [6.45, 7) is 1.89. The molecule has 0 saturated heterocycles. The monoisotopic (exact) mass is 324 g/mol. The second-order valence-electron chi connectivity index (χ2n) is 3.74. The summed E-state index contributed by atoms with van der Waals surface area (Å²) in [7, 11) is 0. The van der Waals surface area contributed by atoms with Crippen LogP contribution < -0.4 is 5.32 Å². The first-order valence-electron chi connectivity index (χ1n) is 5.26. The number of pyridine rings is 1. The molecule has 2 rings (SSSR count). The van der Waals surface area contributed by atoms with Crippen LogP contribution in [-0.4, -0.2) is 10.9 Å². The highest BCUT2D eigenvalue weighted by Gasteiger charge is 2.12. The van der Waals surface area contributed by atoms with Gasteiger partial charge in [-0.05, 0) is 47.1 Å². The molecule has 1 amide bonds. The van der Waals surface area contributed by atoms with Crippen molar-refractivity contribution >= 4 is 39.1 Å². The Morgan fingerprint density at radius 1 is 1.33 bits per heavy atom. The van der Waals surface area contributed by atoms with E-state index in [9.17, 15) is 4.79 Å². The maximum absolute atomic E-state index is 12.0. The predicted octanol–water partition coefficient (Wildman–Crippen LogP) is 4.06. The summed E-state index contributed by atoms with van der Waals surface area (Å²) in [6, 6.07) is 8.85. The molecular formula is C13H10BrClN2O. The first-order valence-corrected chi connectivity index (χ1v) is 6.43. The number of halogens is 2. The number of carbonyl (C=O) groups is 1. The van der Waals surface area contributed by atoms with Gasteiger partial charge in [0, 0.05) is 10.2 Å². The van der Waals surface area contributed by atoms with Crippen molar-refractivity contribution in [2.45, 2.75) is 6.92 Å². The molecule has 3 nitrogen and oxygen atoms in total. The van der Waals surface area contributed by atoms with Crippen molar-refractivity contribution in [2.24, 2.45) is 0 Å². The van der Waals surface area contributed by atoms with E-state index in [-0.39, 0.29) is 5.91 Å². The van der Waals surface area contributed by atoms with Crippen LogP contribution in [0, 0.1) is 6.92 Å². The van der Waals surface area contributed by atoms with Gasteiger partial charge in [0.05, 0.1) is 22.5 Å². The van der Waals surface area contributed by atoms with Crippen LogP contribution in [0.5, 0.6) is 0 Å². The molecule has 1 aromatic heterocycles. The number of carbonyl (C=O) groups excluding carboxylic acids is 1. The smallest absolute Gasteiger partial charge is 0.257 e. The largest absolute Gasteiger partial charge is 0.321 e. The van der Waals surface area contributed by atoms with Gasteiger partial charge in [0.25, 0.3) is 5.91 Å². The molecule has 0 bridgehead atoms. The summed E-state index contributed by atoms with van der Waals surface area (Å²) in [5, 5.41) is 3.14. The molecule has 0 atom stereocenters. The predicted molar refractivity (Wildman–Crippen MR) is 76.1 cm³/mol. The Balaban J connectivity index is 2.22. The molecule has 0 fully saturated rings. The third kappa shape index (κ3) is 2.89. The molecule has 18 heavy (non-hydrogen) atoms. The molecular weight excluding hydrogens is 316 g/mol. The minimum Gasteiger partial charge on any atom is -0.321 e. The first-order chi connectivity index (χ1) is 8.58. The number of aryl methyl sites for hydroxylation is 1. The second-order valence-corrected chi connectivity index (χ2v) is 4.98. The van der Waals surface area contributed by atoms with Crippen molar-refractivity contribution in [3.05, 3.63) is 57.3 Å². The Hall–Kier alpha value is -1.39. The fraction of sp³-hybridized carbons (Fsp3) is 0.0769. The van der Waals surface area contributed by atoms with E-state index < -0.39 is 0 Å². The molecule has 1 N–H and O–H groups in total. The number of aromatic nitrogens is 1. The summed E-state index contributed by atoms with van der Waals surface area (Å²) in [5.74, 6) is -0.257. The molecule has 0 aliphatic rings. The van der Waals surface area contributed by atoms with Gasteiger partial charge in [-0.2, -0.15) is 0 Å². The topological polar surface area (TPSA) is 42.0 Å². The number of amides is 1. The number of hydrogen-bond acceptors (Lipinski definition) is 2. The van der Waals surface area contributed by atoms with Gasteiger partial charge in [0.15, 0.2) is 0 Å². The van der Waals surface area contributed by atoms with E-state index in [1.54, 1.807) is 30.5 Å². The van der Waals surface area contributed by atoms with E-state index in [0.29, 0.717) is 20.7 Å². The van der Waals surface area contributed by atoms with Gasteiger partial charge in [0.1, 0.15) is 0 Å². The average molecular weight is 326 g/mol. The highest BCUT2D eigenvalue weighted by atomic mass is 79.9. The summed E-state index contributed by atoms with van der Waals surface area (Å²) in [4.78, 5) is 16.1. The van der Waals surface area contributed by atoms with E-state index in [1.165, 1.54) is 0 Å². The zero-order chi connectivity index (χ0) is 13.1. The van der Waals surface area contributed by atoms with Crippen LogP contribution >= 0.6 is 27.5 Å². The Kier molecular flexibility index (Phi) is 3.99. The van der Waals surface area contributed by atoms with Crippen LogP contribution in [0.4, 0.5) is 5.69 Å². The van der Waals surface area contributed by atoms with Gasteiger partial charge in [-0.3, -0.25) is 9.78 Å². The highest BCUT2D eigenvalue weighted by molar-refractivity contribution is 9.10. The summed E-state index contributed by atoms with van der Waals surface area (Å²) >= 11 is 9.34. The fourth-order valence-corrected chi connectivity index (χ4v) is 2.00. The van der Waals surface area contributed by atoms with Gasteiger partial charge in [-0.1, -0.05) is 17.7 Å². The highest BCUT2D eigenvalue weighted by Crippen LogP contribution is 2.26. The van der Waals surface area contributed by atoms with Crippen LogP contribution in [0.1, 0.15) is 16.1 Å². The lowest BCUT2D eigenvalue weighted by Gasteiger charge is -2.07. The molecule has 0 unspecified atom stereocenters. The van der Waals surface area contributed by atoms with Crippen molar-refractivity contribution in [2.75, 3.05) is 5.32 Å². The lowest BCUT2D eigenvalue weighted by molar-refractivity contribution is 0.102. The van der Waals surface area contributed by atoms with Crippen LogP contribution in [-0.2, 0) is 0 Å². The van der Waals surface area contributed by atoms with Crippen LogP contribution in [0.15, 0.2) is 41.0 Å². The minimum absolute atomic E-state index is 0.257. The van der Waals surface area contributed by atoms with E-state index in [1.807, 2.05) is 13.0 Å². The molecule has 0 radical (unpaired) electrons. The molecule has 0 aliphatic heterocycles. The lowest BCUT2D eigenvalue weighted by atomic mass is 10.2. The average Bonchev–Trinajstić information content (AvgIpc) is 2.35. The maximum atomic E-state index is 12.0. The Labute approximate surface area is 118 Å². The molecule has 2 aromatic rings. The number of rotatable bonds is 2. The first kappa shape index (κ1) is 13.1. The van der Waals surface area contributed by atoms with Gasteiger partial charge in [-0.25, -0.2) is 0 Å². The van der Waals surface area contributed by atoms with Crippen molar-refractivity contribution in [1.82, 2.24) is 4.98 Å². The summed E-state index contributed by atoms with van der Waals surface area (Å²) < 4.78 is 0.693. The Morgan fingerprint density at radius 3 is 2.78 bits per heavy atom. The molecule has 0 spiro atoms. The molecule has 92 valence electrons. The fourth-order valence-electron chi connectivity index (χ4n) is 1.42. The molecule has 0 saturated carbocycles. The third-order valence-corrected chi connectivity index (χ3v) is 3.66. The van der Waals surface area contributed by atoms with Crippen LogP contribution in [0.3, 0.4) is 0 Å². The van der Waals surface area contributed by atoms with Crippen LogP contribution in [0.25, 0.3) is 0 Å². The van der Waals surface area contributed by atoms with Crippen molar-refractivity contribution in [3.63, 3.8) is 0 Å². The van der Waals surface area contributed by atoms with Gasteiger partial charge in [-0.15, -0.1) is 0 Å². The van der Waals surface area contributed by atoms with Crippen molar-refractivity contribution < 1.29 is 4.79 Å². The van der Waals surface area contributed by atoms with E-state index >= 15 is 0 Å². The van der Waals surface area contributed by atoms with E-state index in [2.05, 4.69) is 26.2 Å². The second kappa shape index (κ2) is 5.50. The molecule has 1 heterocycles. The van der Waals surface area contributed by atoms with Crippen molar-refractivity contribution in [3.8, 4) is 0 Å². The Bertz CT molecular complexity index is 584. The standard InChI is InChI=1S/C13H10BrClN2O/c1-8-5-6-9(7-16-8)17-13(18)10-3-2-4-11(14)12(10)15/h2-7H,1H3,(H,17,18). The number of benzene rings is 1. The molecule has 1 aromatic carbocycles. The SMILES string of the molecule is Cc1ccc(NC(=O)c2cccc(Br)c2Cl)cn1. The van der Waals surface area contributed by atoms with Gasteiger partial charge < -0.3 is 5.32 Å². The molecule has 0 aliphatic carbocycles. The van der Waals surface area contributed by atoms with Crippen molar-refractivity contribution in [1.29, 1.82) is 0 Å². The number of nitrogens with zero attached hydrogens (tertiary/aromatic N) is 1. The minimum atomic E-state index is -0.257. The third-order valence-electron chi connectivity index (χ3n) is 2.37. The zero-order valence-electron chi connectivity index (χ0n) is 9.58. The molecule has 5 heteroatoms. The Morgan fingerprint density at radius 2 is 2.11 bits per heavy atom. The zero-order valence-corrected chi connectivity index (χ0v) is 11.9. The van der Waals surface area contributed by atoms with Gasteiger partial charge >= 0.3 is 0 Å². The lowest BCUT2D eigenvalue weighted by Crippen LogP contribution is -2.12. The van der Waals surface area contributed by atoms with Crippen LogP contribution in [0.2, 0.25) is 5.02 Å². The van der Waals surface area contributed by atoms with E-state index in [0.717, 1.165) is 5.69 Å².